The average molecular weight is 652 g/mol. The van der Waals surface area contributed by atoms with Crippen LogP contribution in [0.2, 0.25) is 0 Å². The Bertz CT molecular complexity index is 630. The number of rotatable bonds is 37. The van der Waals surface area contributed by atoms with Gasteiger partial charge in [0.1, 0.15) is 19.3 Å². The Morgan fingerprint density at radius 2 is 0.978 bits per heavy atom. The number of carbonyl (C=O) groups excluding carboxylic acids is 1. The second-order valence-corrected chi connectivity index (χ2v) is 13.5. The summed E-state index contributed by atoms with van der Waals surface area (Å²) in [4.78, 5) is 25.4. The third kappa shape index (κ3) is 36.8. The molecule has 0 atom stereocenters. The number of unbranched alkanes of at least 4 members (excludes halogenated alkanes) is 20. The summed E-state index contributed by atoms with van der Waals surface area (Å²) in [6, 6.07) is 0. The van der Waals surface area contributed by atoms with Crippen LogP contribution in [0.4, 0.5) is 0 Å². The highest BCUT2D eigenvalue weighted by atomic mass is 16.6. The molecule has 0 aliphatic rings. The lowest BCUT2D eigenvalue weighted by Gasteiger charge is -2.18. The van der Waals surface area contributed by atoms with E-state index in [-0.39, 0.29) is 12.1 Å². The molecule has 0 N–H and O–H groups in total. The fraction of sp³-hybridized carbons (Fsp3) is 0.923. The molecule has 272 valence electrons. The van der Waals surface area contributed by atoms with E-state index in [4.69, 9.17) is 14.4 Å². The van der Waals surface area contributed by atoms with E-state index in [9.17, 15) is 4.79 Å². The number of hydrogen-bond acceptors (Lipinski definition) is 7. The van der Waals surface area contributed by atoms with E-state index in [1.807, 2.05) is 26.5 Å². The molecule has 0 aromatic rings. The van der Waals surface area contributed by atoms with E-state index in [1.165, 1.54) is 116 Å². The number of oxime groups is 2. The molecule has 0 unspecified atom stereocenters. The van der Waals surface area contributed by atoms with Gasteiger partial charge in [-0.3, -0.25) is 4.79 Å². The highest BCUT2D eigenvalue weighted by Crippen LogP contribution is 2.18. The Balaban J connectivity index is 3.95. The van der Waals surface area contributed by atoms with E-state index >= 15 is 0 Å². The van der Waals surface area contributed by atoms with Crippen molar-refractivity contribution in [3.63, 3.8) is 0 Å². The monoisotopic (exact) mass is 652 g/mol. The molecule has 0 amide bonds. The zero-order valence-electron chi connectivity index (χ0n) is 31.1. The number of esters is 1. The summed E-state index contributed by atoms with van der Waals surface area (Å²) < 4.78 is 5.97. The van der Waals surface area contributed by atoms with Crippen molar-refractivity contribution in [2.45, 2.75) is 200 Å². The molecule has 0 bridgehead atoms. The zero-order valence-corrected chi connectivity index (χ0v) is 31.1. The minimum Gasteiger partial charge on any atom is -0.462 e. The van der Waals surface area contributed by atoms with Gasteiger partial charge in [-0.2, -0.15) is 0 Å². The third-order valence-electron chi connectivity index (χ3n) is 8.48. The fourth-order valence-electron chi connectivity index (χ4n) is 5.53. The van der Waals surface area contributed by atoms with Gasteiger partial charge in [0.05, 0.1) is 0 Å². The van der Waals surface area contributed by atoms with Crippen LogP contribution in [0, 0.1) is 0 Å². The smallest absolute Gasteiger partial charge is 0.306 e. The lowest BCUT2D eigenvalue weighted by Crippen LogP contribution is -2.20. The minimum atomic E-state index is -0.0175. The molecule has 7 nitrogen and oxygen atoms in total. The summed E-state index contributed by atoms with van der Waals surface area (Å²) in [6.07, 6.45) is 36.5. The Morgan fingerprint density at radius 1 is 0.565 bits per heavy atom. The first-order chi connectivity index (χ1) is 22.6. The van der Waals surface area contributed by atoms with E-state index in [0.717, 1.165) is 77.5 Å². The van der Waals surface area contributed by atoms with Crippen LogP contribution in [-0.2, 0) is 19.2 Å². The van der Waals surface area contributed by atoms with Gasteiger partial charge in [-0.25, -0.2) is 0 Å². The Morgan fingerprint density at radius 3 is 1.43 bits per heavy atom. The predicted octanol–water partition coefficient (Wildman–Crippen LogP) is 11.4. The summed E-state index contributed by atoms with van der Waals surface area (Å²) in [6.45, 7) is 6.90. The number of carbonyl (C=O) groups is 1. The van der Waals surface area contributed by atoms with Crippen molar-refractivity contribution in [2.24, 2.45) is 10.3 Å². The molecule has 46 heavy (non-hydrogen) atoms. The first-order valence-corrected chi connectivity index (χ1v) is 19.7. The molecule has 7 heteroatoms. The van der Waals surface area contributed by atoms with Gasteiger partial charge in [0.25, 0.3) is 0 Å². The molecule has 0 aromatic carbocycles. The largest absolute Gasteiger partial charge is 0.462 e. The molecule has 0 aliphatic carbocycles. The van der Waals surface area contributed by atoms with Crippen molar-refractivity contribution in [3.8, 4) is 0 Å². The maximum absolute atomic E-state index is 12.5. The predicted molar refractivity (Wildman–Crippen MR) is 198 cm³/mol. The molecule has 0 saturated carbocycles. The van der Waals surface area contributed by atoms with Crippen molar-refractivity contribution >= 4 is 18.4 Å². The van der Waals surface area contributed by atoms with Crippen molar-refractivity contribution < 1.29 is 19.2 Å². The maximum Gasteiger partial charge on any atom is 0.306 e. The number of hydrogen-bond donors (Lipinski definition) is 0. The lowest BCUT2D eigenvalue weighted by molar-refractivity contribution is -0.150. The number of ether oxygens (including phenoxy) is 1. The summed E-state index contributed by atoms with van der Waals surface area (Å²) in [5.41, 5.74) is 0. The van der Waals surface area contributed by atoms with Gasteiger partial charge in [0.15, 0.2) is 0 Å². The average Bonchev–Trinajstić information content (AvgIpc) is 3.04. The van der Waals surface area contributed by atoms with Crippen molar-refractivity contribution in [1.82, 2.24) is 4.90 Å². The van der Waals surface area contributed by atoms with Gasteiger partial charge < -0.3 is 19.3 Å². The van der Waals surface area contributed by atoms with Crippen LogP contribution in [0.25, 0.3) is 0 Å². The molecule has 0 fully saturated rings. The first-order valence-electron chi connectivity index (χ1n) is 19.7. The first kappa shape index (κ1) is 44.4. The number of nitrogens with zero attached hydrogens (tertiary/aromatic N) is 3. The second-order valence-electron chi connectivity index (χ2n) is 13.5. The van der Waals surface area contributed by atoms with Gasteiger partial charge in [0, 0.05) is 18.9 Å². The van der Waals surface area contributed by atoms with E-state index < -0.39 is 0 Å². The van der Waals surface area contributed by atoms with E-state index in [0.29, 0.717) is 6.42 Å². The van der Waals surface area contributed by atoms with Gasteiger partial charge in [-0.1, -0.05) is 114 Å². The molecule has 0 saturated heterocycles. The summed E-state index contributed by atoms with van der Waals surface area (Å²) in [7, 11) is 4.10. The Kier molecular flexibility index (Phi) is 36.5. The van der Waals surface area contributed by atoms with Gasteiger partial charge in [-0.15, -0.1) is 0 Å². The van der Waals surface area contributed by atoms with E-state index in [2.05, 4.69) is 29.1 Å². The molecule has 0 heterocycles. The molecular formula is C39H77N3O4. The zero-order chi connectivity index (χ0) is 33.6. The quantitative estimate of drug-likeness (QED) is 0.0289. The third-order valence-corrected chi connectivity index (χ3v) is 8.48. The van der Waals surface area contributed by atoms with Crippen LogP contribution < -0.4 is 0 Å². The normalized spacial score (nSPS) is 11.9. The molecular weight excluding hydrogens is 574 g/mol. The summed E-state index contributed by atoms with van der Waals surface area (Å²) in [5, 5.41) is 8.20. The van der Waals surface area contributed by atoms with Crippen molar-refractivity contribution in [3.05, 3.63) is 0 Å². The van der Waals surface area contributed by atoms with Crippen LogP contribution in [-0.4, -0.2) is 63.3 Å². The SMILES string of the molecule is CCCCCCCO/N=C/CCCCCCCCC(CCCCCCCC/C=N/OCCCCCCC)OC(=O)CCCN(C)C. The minimum absolute atomic E-state index is 0.0175. The maximum atomic E-state index is 12.5. The Labute approximate surface area is 286 Å². The molecule has 0 aliphatic heterocycles. The molecule has 0 rings (SSSR count). The summed E-state index contributed by atoms with van der Waals surface area (Å²) >= 11 is 0. The highest BCUT2D eigenvalue weighted by molar-refractivity contribution is 5.69. The summed E-state index contributed by atoms with van der Waals surface area (Å²) in [5.74, 6) is -0.0175. The van der Waals surface area contributed by atoms with E-state index in [1.54, 1.807) is 0 Å². The second kappa shape index (κ2) is 37.8. The molecule has 0 radical (unpaired) electrons. The van der Waals surface area contributed by atoms with Crippen LogP contribution in [0.15, 0.2) is 10.3 Å². The van der Waals surface area contributed by atoms with Crippen LogP contribution in [0.3, 0.4) is 0 Å². The molecule has 0 spiro atoms. The fourth-order valence-corrected chi connectivity index (χ4v) is 5.53. The van der Waals surface area contributed by atoms with Gasteiger partial charge in [-0.05, 0) is 104 Å². The topological polar surface area (TPSA) is 72.7 Å². The van der Waals surface area contributed by atoms with Gasteiger partial charge in [0.2, 0.25) is 0 Å². The Hall–Kier alpha value is -1.63. The van der Waals surface area contributed by atoms with Crippen molar-refractivity contribution in [2.75, 3.05) is 33.9 Å². The van der Waals surface area contributed by atoms with Crippen LogP contribution >= 0.6 is 0 Å². The van der Waals surface area contributed by atoms with Crippen LogP contribution in [0.5, 0.6) is 0 Å². The molecule has 0 aromatic heterocycles. The van der Waals surface area contributed by atoms with Gasteiger partial charge >= 0.3 is 5.97 Å². The highest BCUT2D eigenvalue weighted by Gasteiger charge is 2.14. The standard InChI is InChI=1S/C39H77N3O4/c1-5-7-9-21-27-36-44-40-33-25-19-15-11-13-17-23-30-38(46-39(43)32-29-35-42(3)4)31-24-18-14-12-16-20-26-34-41-45-37-28-22-10-8-6-2/h33-34,38H,5-32,35-37H2,1-4H3/b40-33+,41-34+. The lowest BCUT2D eigenvalue weighted by atomic mass is 10.0. The van der Waals surface area contributed by atoms with Crippen molar-refractivity contribution in [1.29, 1.82) is 0 Å². The van der Waals surface area contributed by atoms with Crippen LogP contribution in [0.1, 0.15) is 194 Å².